The summed E-state index contributed by atoms with van der Waals surface area (Å²) in [5.74, 6) is 0. The summed E-state index contributed by atoms with van der Waals surface area (Å²) in [6.45, 7) is 16.2. The van der Waals surface area contributed by atoms with E-state index >= 15 is 0 Å². The number of allylic oxidation sites excluding steroid dienone is 8. The van der Waals surface area contributed by atoms with Gasteiger partial charge in [0.25, 0.3) is 0 Å². The second-order valence-electron chi connectivity index (χ2n) is 13.2. The lowest BCUT2D eigenvalue weighted by Crippen LogP contribution is -2.14. The molecule has 2 heterocycles. The molecule has 0 aliphatic rings. The maximum absolute atomic E-state index is 4.64. The van der Waals surface area contributed by atoms with Crippen LogP contribution in [0.15, 0.2) is 207 Å². The first kappa shape index (κ1) is 37.0. The van der Waals surface area contributed by atoms with Crippen molar-refractivity contribution in [3.63, 3.8) is 0 Å². The minimum absolute atomic E-state index is 0.988. The van der Waals surface area contributed by atoms with Crippen molar-refractivity contribution < 1.29 is 0 Å². The van der Waals surface area contributed by atoms with Crippen LogP contribution in [0.5, 0.6) is 0 Å². The van der Waals surface area contributed by atoms with Crippen LogP contribution in [0.3, 0.4) is 0 Å². The van der Waals surface area contributed by atoms with E-state index in [1.165, 1.54) is 11.1 Å². The second kappa shape index (κ2) is 17.6. The fraction of sp³-hybridized carbons (Fsp3) is 0.0800. The standard InChI is InChI=1S/C50H46N4/c1-7-10-13-46(9-3)54(49-24-16-39(6)17-25-49)50-28-20-41(21-29-50)43-32-45(36-52-34-43)44-31-42(33-51-35-44)40-18-26-48(27-19-40)53(30-11-12-37(4)8-2)47-22-14-38(5)15-23-47/h7-36H,2-3H2,1,4-6H3/b10-7+,30-11+,37-12-,46-13+. The van der Waals surface area contributed by atoms with Crippen molar-refractivity contribution in [3.8, 4) is 33.4 Å². The van der Waals surface area contributed by atoms with Gasteiger partial charge in [0.05, 0.1) is 0 Å². The summed E-state index contributed by atoms with van der Waals surface area (Å²) in [7, 11) is 0. The van der Waals surface area contributed by atoms with E-state index < -0.39 is 0 Å². The molecule has 266 valence electrons. The summed E-state index contributed by atoms with van der Waals surface area (Å²) in [6.07, 6.45) is 23.7. The molecule has 0 N–H and O–H groups in total. The first-order valence-corrected chi connectivity index (χ1v) is 18.1. The minimum Gasteiger partial charge on any atom is -0.317 e. The number of hydrogen-bond acceptors (Lipinski definition) is 4. The van der Waals surface area contributed by atoms with Crippen LogP contribution in [0.1, 0.15) is 25.0 Å². The SMILES string of the molecule is C=C/C(C)=C\C=C\N(c1ccc(C)cc1)c1ccc(-c2cncc(-c3cncc(-c4ccc(N(/C(C=C)=C/C=C/C)c5ccc(C)cc5)cc4)c3)c2)cc1. The van der Waals surface area contributed by atoms with Gasteiger partial charge in [-0.1, -0.05) is 103 Å². The van der Waals surface area contributed by atoms with Gasteiger partial charge in [-0.2, -0.15) is 0 Å². The summed E-state index contributed by atoms with van der Waals surface area (Å²) >= 11 is 0. The largest absolute Gasteiger partial charge is 0.317 e. The molecule has 0 atom stereocenters. The summed E-state index contributed by atoms with van der Waals surface area (Å²) in [5, 5.41) is 0. The molecule has 2 aromatic heterocycles. The van der Waals surface area contributed by atoms with E-state index in [0.29, 0.717) is 0 Å². The Bertz CT molecular complexity index is 2320. The van der Waals surface area contributed by atoms with Crippen molar-refractivity contribution in [1.29, 1.82) is 0 Å². The van der Waals surface area contributed by atoms with E-state index in [1.54, 1.807) is 0 Å². The molecule has 0 bridgehead atoms. The van der Waals surface area contributed by atoms with Crippen molar-refractivity contribution in [2.75, 3.05) is 9.80 Å². The van der Waals surface area contributed by atoms with Crippen molar-refractivity contribution in [1.82, 2.24) is 9.97 Å². The highest BCUT2D eigenvalue weighted by Gasteiger charge is 2.14. The molecule has 4 nitrogen and oxygen atoms in total. The molecular weight excluding hydrogens is 657 g/mol. The summed E-state index contributed by atoms with van der Waals surface area (Å²) in [4.78, 5) is 13.7. The van der Waals surface area contributed by atoms with Gasteiger partial charge in [-0.05, 0) is 118 Å². The molecule has 6 aromatic rings. The summed E-state index contributed by atoms with van der Waals surface area (Å²) in [6, 6.07) is 38.7. The number of aromatic nitrogens is 2. The zero-order valence-corrected chi connectivity index (χ0v) is 31.5. The Hall–Kier alpha value is -6.78. The molecule has 0 unspecified atom stereocenters. The Labute approximate surface area is 320 Å². The van der Waals surface area contributed by atoms with Crippen LogP contribution in [0.2, 0.25) is 0 Å². The fourth-order valence-corrected chi connectivity index (χ4v) is 6.07. The molecule has 0 saturated heterocycles. The first-order valence-electron chi connectivity index (χ1n) is 18.1. The van der Waals surface area contributed by atoms with Crippen LogP contribution in [-0.4, -0.2) is 9.97 Å². The molecular formula is C50H46N4. The number of hydrogen-bond donors (Lipinski definition) is 0. The van der Waals surface area contributed by atoms with E-state index in [9.17, 15) is 0 Å². The Kier molecular flexibility index (Phi) is 12.1. The highest BCUT2D eigenvalue weighted by molar-refractivity contribution is 5.78. The van der Waals surface area contributed by atoms with Gasteiger partial charge >= 0.3 is 0 Å². The highest BCUT2D eigenvalue weighted by atomic mass is 15.1. The lowest BCUT2D eigenvalue weighted by atomic mass is 10.00. The quantitative estimate of drug-likeness (QED) is 0.112. The molecule has 4 aromatic carbocycles. The number of aryl methyl sites for hydroxylation is 2. The summed E-state index contributed by atoms with van der Waals surface area (Å²) < 4.78 is 0. The van der Waals surface area contributed by atoms with Crippen molar-refractivity contribution in [2.24, 2.45) is 0 Å². The molecule has 6 rings (SSSR count). The van der Waals surface area contributed by atoms with E-state index in [4.69, 9.17) is 0 Å². The van der Waals surface area contributed by atoms with E-state index in [2.05, 4.69) is 180 Å². The number of nitrogens with zero attached hydrogens (tertiary/aromatic N) is 4. The number of anilines is 4. The molecule has 0 radical (unpaired) electrons. The van der Waals surface area contributed by atoms with Gasteiger partial charge in [-0.3, -0.25) is 9.97 Å². The minimum atomic E-state index is 0.988. The predicted molar refractivity (Wildman–Crippen MR) is 231 cm³/mol. The number of benzene rings is 4. The maximum Gasteiger partial charge on any atom is 0.0462 e. The zero-order chi connectivity index (χ0) is 37.9. The predicted octanol–water partition coefficient (Wildman–Crippen LogP) is 13.7. The number of rotatable bonds is 13. The zero-order valence-electron chi connectivity index (χ0n) is 31.5. The van der Waals surface area contributed by atoms with E-state index in [0.717, 1.165) is 67.4 Å². The second-order valence-corrected chi connectivity index (χ2v) is 13.2. The fourth-order valence-electron chi connectivity index (χ4n) is 6.07. The smallest absolute Gasteiger partial charge is 0.0462 e. The molecule has 0 aliphatic heterocycles. The molecule has 0 fully saturated rings. The van der Waals surface area contributed by atoms with Crippen molar-refractivity contribution in [3.05, 3.63) is 218 Å². The van der Waals surface area contributed by atoms with Gasteiger partial charge in [0.1, 0.15) is 0 Å². The summed E-state index contributed by atoms with van der Waals surface area (Å²) in [5.41, 5.74) is 15.1. The van der Waals surface area contributed by atoms with Crippen LogP contribution >= 0.6 is 0 Å². The molecule has 54 heavy (non-hydrogen) atoms. The van der Waals surface area contributed by atoms with E-state index in [1.807, 2.05) is 62.9 Å². The molecule has 0 saturated carbocycles. The van der Waals surface area contributed by atoms with Crippen LogP contribution in [0.25, 0.3) is 33.4 Å². The molecule has 0 aliphatic carbocycles. The van der Waals surface area contributed by atoms with Gasteiger partial charge in [0.15, 0.2) is 0 Å². The van der Waals surface area contributed by atoms with Crippen LogP contribution in [0.4, 0.5) is 22.7 Å². The van der Waals surface area contributed by atoms with E-state index in [-0.39, 0.29) is 0 Å². The lowest BCUT2D eigenvalue weighted by molar-refractivity contribution is 1.21. The van der Waals surface area contributed by atoms with Crippen LogP contribution < -0.4 is 9.80 Å². The maximum atomic E-state index is 4.64. The molecule has 4 heteroatoms. The topological polar surface area (TPSA) is 32.3 Å². The lowest BCUT2D eigenvalue weighted by Gasteiger charge is -2.26. The first-order chi connectivity index (χ1) is 26.4. The van der Waals surface area contributed by atoms with Crippen molar-refractivity contribution >= 4 is 22.7 Å². The monoisotopic (exact) mass is 702 g/mol. The molecule has 0 spiro atoms. The Balaban J connectivity index is 1.26. The van der Waals surface area contributed by atoms with Gasteiger partial charge in [0.2, 0.25) is 0 Å². The van der Waals surface area contributed by atoms with Crippen LogP contribution in [-0.2, 0) is 0 Å². The van der Waals surface area contributed by atoms with Crippen LogP contribution in [0, 0.1) is 13.8 Å². The third kappa shape index (κ3) is 8.98. The van der Waals surface area contributed by atoms with Gasteiger partial charge in [0, 0.05) is 81.7 Å². The highest BCUT2D eigenvalue weighted by Crippen LogP contribution is 2.34. The third-order valence-corrected chi connectivity index (χ3v) is 9.19. The number of pyridine rings is 2. The van der Waals surface area contributed by atoms with Gasteiger partial charge in [-0.15, -0.1) is 0 Å². The van der Waals surface area contributed by atoms with Gasteiger partial charge in [-0.25, -0.2) is 0 Å². The Morgan fingerprint density at radius 2 is 0.944 bits per heavy atom. The van der Waals surface area contributed by atoms with Crippen molar-refractivity contribution in [2.45, 2.75) is 27.7 Å². The van der Waals surface area contributed by atoms with Gasteiger partial charge < -0.3 is 9.80 Å². The average molecular weight is 703 g/mol. The molecule has 0 amide bonds. The Morgan fingerprint density at radius 1 is 0.519 bits per heavy atom. The average Bonchev–Trinajstić information content (AvgIpc) is 3.22. The third-order valence-electron chi connectivity index (χ3n) is 9.19. The Morgan fingerprint density at radius 3 is 1.39 bits per heavy atom. The normalized spacial score (nSPS) is 11.9.